The third-order valence-electron chi connectivity index (χ3n) is 3.83. The van der Waals surface area contributed by atoms with Crippen molar-refractivity contribution >= 4 is 34.9 Å². The molecule has 1 aliphatic rings. The molecule has 0 bridgehead atoms. The molecule has 1 aromatic carbocycles. The van der Waals surface area contributed by atoms with Gasteiger partial charge in [-0.1, -0.05) is 23.7 Å². The van der Waals surface area contributed by atoms with Gasteiger partial charge in [-0.25, -0.2) is 4.98 Å². The standard InChI is InChI=1S/C18H18ClN3O3/c1-18(2)17(24)22(13-5-3-4-6-14(13)25-18)10-8-16(23)21-15-11-12(19)7-9-20-15/h3-7,9,11H,8,10H2,1-2H3,(H,20,21,23). The van der Waals surface area contributed by atoms with Crippen molar-refractivity contribution in [3.63, 3.8) is 0 Å². The molecule has 0 saturated carbocycles. The normalized spacial score (nSPS) is 15.3. The number of benzene rings is 1. The topological polar surface area (TPSA) is 71.5 Å². The van der Waals surface area contributed by atoms with E-state index < -0.39 is 5.60 Å². The molecule has 0 atom stereocenters. The predicted octanol–water partition coefficient (Wildman–Crippen LogP) is 3.27. The zero-order chi connectivity index (χ0) is 18.0. The van der Waals surface area contributed by atoms with Crippen molar-refractivity contribution in [3.05, 3.63) is 47.6 Å². The second-order valence-corrected chi connectivity index (χ2v) is 6.63. The highest BCUT2D eigenvalue weighted by atomic mass is 35.5. The number of carbonyl (C=O) groups is 2. The molecule has 1 N–H and O–H groups in total. The molecule has 130 valence electrons. The first-order valence-corrected chi connectivity index (χ1v) is 8.26. The van der Waals surface area contributed by atoms with E-state index in [0.717, 1.165) is 0 Å². The Hall–Kier alpha value is -2.60. The minimum absolute atomic E-state index is 0.129. The maximum atomic E-state index is 12.7. The summed E-state index contributed by atoms with van der Waals surface area (Å²) in [5, 5.41) is 3.17. The number of carbonyl (C=O) groups excluding carboxylic acids is 2. The first-order valence-electron chi connectivity index (χ1n) is 7.88. The Morgan fingerprint density at radius 3 is 2.84 bits per heavy atom. The van der Waals surface area contributed by atoms with Gasteiger partial charge in [-0.2, -0.15) is 0 Å². The summed E-state index contributed by atoms with van der Waals surface area (Å²) >= 11 is 5.88. The minimum Gasteiger partial charge on any atom is -0.476 e. The Balaban J connectivity index is 1.71. The van der Waals surface area contributed by atoms with E-state index in [0.29, 0.717) is 22.3 Å². The van der Waals surface area contributed by atoms with Gasteiger partial charge in [0.2, 0.25) is 5.91 Å². The Morgan fingerprint density at radius 1 is 1.32 bits per heavy atom. The highest BCUT2D eigenvalue weighted by Gasteiger charge is 2.40. The average Bonchev–Trinajstić information content (AvgIpc) is 2.55. The number of halogens is 1. The van der Waals surface area contributed by atoms with Gasteiger partial charge >= 0.3 is 0 Å². The number of ether oxygens (including phenoxy) is 1. The fourth-order valence-corrected chi connectivity index (χ4v) is 2.79. The van der Waals surface area contributed by atoms with E-state index in [-0.39, 0.29) is 24.8 Å². The Kier molecular flexibility index (Phi) is 4.63. The van der Waals surface area contributed by atoms with Crippen LogP contribution in [0.5, 0.6) is 5.75 Å². The number of anilines is 2. The van der Waals surface area contributed by atoms with Crippen LogP contribution in [0, 0.1) is 0 Å². The summed E-state index contributed by atoms with van der Waals surface area (Å²) in [6.45, 7) is 3.68. The maximum absolute atomic E-state index is 12.7. The lowest BCUT2D eigenvalue weighted by atomic mass is 10.0. The van der Waals surface area contributed by atoms with E-state index in [1.807, 2.05) is 18.2 Å². The SMILES string of the molecule is CC1(C)Oc2ccccc2N(CCC(=O)Nc2cc(Cl)ccn2)C1=O. The number of hydrogen-bond donors (Lipinski definition) is 1. The number of rotatable bonds is 4. The number of fused-ring (bicyclic) bond motifs is 1. The number of aromatic nitrogens is 1. The lowest BCUT2D eigenvalue weighted by molar-refractivity contribution is -0.132. The monoisotopic (exact) mass is 359 g/mol. The van der Waals surface area contributed by atoms with Crippen molar-refractivity contribution in [2.75, 3.05) is 16.8 Å². The second-order valence-electron chi connectivity index (χ2n) is 6.19. The summed E-state index contributed by atoms with van der Waals surface area (Å²) < 4.78 is 5.76. The van der Waals surface area contributed by atoms with Crippen LogP contribution in [-0.4, -0.2) is 28.9 Å². The smallest absolute Gasteiger partial charge is 0.270 e. The molecule has 2 aromatic rings. The van der Waals surface area contributed by atoms with Crippen molar-refractivity contribution in [3.8, 4) is 5.75 Å². The Morgan fingerprint density at radius 2 is 2.08 bits per heavy atom. The first-order chi connectivity index (χ1) is 11.9. The molecular formula is C18H18ClN3O3. The van der Waals surface area contributed by atoms with Gasteiger partial charge in [0.1, 0.15) is 11.6 Å². The molecule has 2 amide bonds. The third kappa shape index (κ3) is 3.74. The molecule has 0 aliphatic carbocycles. The molecule has 0 saturated heterocycles. The first kappa shape index (κ1) is 17.2. The van der Waals surface area contributed by atoms with Crippen LogP contribution < -0.4 is 15.0 Å². The van der Waals surface area contributed by atoms with Crippen LogP contribution in [0.4, 0.5) is 11.5 Å². The Labute approximate surface area is 150 Å². The Bertz CT molecular complexity index is 823. The zero-order valence-electron chi connectivity index (χ0n) is 14.0. The molecule has 0 spiro atoms. The molecule has 0 unspecified atom stereocenters. The molecule has 2 heterocycles. The van der Waals surface area contributed by atoms with E-state index in [1.54, 1.807) is 36.9 Å². The van der Waals surface area contributed by atoms with Gasteiger partial charge in [-0.15, -0.1) is 0 Å². The third-order valence-corrected chi connectivity index (χ3v) is 4.07. The molecule has 0 fully saturated rings. The molecular weight excluding hydrogens is 342 g/mol. The van der Waals surface area contributed by atoms with Crippen molar-refractivity contribution in [1.29, 1.82) is 0 Å². The summed E-state index contributed by atoms with van der Waals surface area (Å²) in [4.78, 5) is 30.5. The van der Waals surface area contributed by atoms with Gasteiger partial charge in [0.15, 0.2) is 5.60 Å². The van der Waals surface area contributed by atoms with Crippen LogP contribution in [0.3, 0.4) is 0 Å². The average molecular weight is 360 g/mol. The van der Waals surface area contributed by atoms with Crippen LogP contribution in [0.1, 0.15) is 20.3 Å². The van der Waals surface area contributed by atoms with Crippen molar-refractivity contribution in [1.82, 2.24) is 4.98 Å². The van der Waals surface area contributed by atoms with Gasteiger partial charge < -0.3 is 15.0 Å². The number of para-hydroxylation sites is 2. The molecule has 1 aromatic heterocycles. The van der Waals surface area contributed by atoms with Crippen LogP contribution in [0.2, 0.25) is 5.02 Å². The summed E-state index contributed by atoms with van der Waals surface area (Å²) in [6, 6.07) is 10.5. The van der Waals surface area contributed by atoms with Crippen LogP contribution >= 0.6 is 11.6 Å². The highest BCUT2D eigenvalue weighted by molar-refractivity contribution is 6.30. The molecule has 6 nitrogen and oxygen atoms in total. The molecule has 25 heavy (non-hydrogen) atoms. The number of amides is 2. The van der Waals surface area contributed by atoms with Gasteiger partial charge in [0.25, 0.3) is 5.91 Å². The molecule has 7 heteroatoms. The minimum atomic E-state index is -0.973. The van der Waals surface area contributed by atoms with E-state index in [9.17, 15) is 9.59 Å². The maximum Gasteiger partial charge on any atom is 0.270 e. The van der Waals surface area contributed by atoms with Crippen molar-refractivity contribution < 1.29 is 14.3 Å². The number of hydrogen-bond acceptors (Lipinski definition) is 4. The quantitative estimate of drug-likeness (QED) is 0.909. The molecule has 3 rings (SSSR count). The van der Waals surface area contributed by atoms with Crippen molar-refractivity contribution in [2.24, 2.45) is 0 Å². The van der Waals surface area contributed by atoms with E-state index in [1.165, 1.54) is 6.20 Å². The van der Waals surface area contributed by atoms with E-state index in [2.05, 4.69) is 10.3 Å². The summed E-state index contributed by atoms with van der Waals surface area (Å²) in [6.07, 6.45) is 1.65. The van der Waals surface area contributed by atoms with Crippen LogP contribution in [0.15, 0.2) is 42.6 Å². The van der Waals surface area contributed by atoms with E-state index >= 15 is 0 Å². The molecule has 1 aliphatic heterocycles. The number of nitrogens with zero attached hydrogens (tertiary/aromatic N) is 2. The summed E-state index contributed by atoms with van der Waals surface area (Å²) in [5.41, 5.74) is -0.306. The van der Waals surface area contributed by atoms with Gasteiger partial charge in [-0.05, 0) is 38.1 Å². The van der Waals surface area contributed by atoms with Crippen LogP contribution in [0.25, 0.3) is 0 Å². The van der Waals surface area contributed by atoms with Gasteiger partial charge in [0.05, 0.1) is 5.69 Å². The zero-order valence-corrected chi connectivity index (χ0v) is 14.7. The lowest BCUT2D eigenvalue weighted by Gasteiger charge is -2.38. The fraction of sp³-hybridized carbons (Fsp3) is 0.278. The summed E-state index contributed by atoms with van der Waals surface area (Å²) in [7, 11) is 0. The summed E-state index contributed by atoms with van der Waals surface area (Å²) in [5.74, 6) is 0.583. The largest absolute Gasteiger partial charge is 0.476 e. The predicted molar refractivity (Wildman–Crippen MR) is 96.0 cm³/mol. The number of nitrogens with one attached hydrogen (secondary N) is 1. The molecule has 0 radical (unpaired) electrons. The van der Waals surface area contributed by atoms with Crippen LogP contribution in [-0.2, 0) is 9.59 Å². The highest BCUT2D eigenvalue weighted by Crippen LogP contribution is 2.37. The fourth-order valence-electron chi connectivity index (χ4n) is 2.63. The van der Waals surface area contributed by atoms with Gasteiger partial charge in [-0.3, -0.25) is 9.59 Å². The number of pyridine rings is 1. The van der Waals surface area contributed by atoms with Gasteiger partial charge in [0, 0.05) is 24.2 Å². The van der Waals surface area contributed by atoms with Crippen molar-refractivity contribution in [2.45, 2.75) is 25.9 Å². The second kappa shape index (κ2) is 6.72. The lowest BCUT2D eigenvalue weighted by Crippen LogP contribution is -2.53. The van der Waals surface area contributed by atoms with E-state index in [4.69, 9.17) is 16.3 Å².